The topological polar surface area (TPSA) is 38.1 Å². The number of carbonyl (C=O) groups excluding carboxylic acids is 1. The zero-order valence-electron chi connectivity index (χ0n) is 15.3. The van der Waals surface area contributed by atoms with Crippen molar-refractivity contribution in [2.24, 2.45) is 7.05 Å². The van der Waals surface area contributed by atoms with E-state index in [-0.39, 0.29) is 11.8 Å². The number of hydrogen-bond donors (Lipinski definition) is 0. The molecular formula is C22H22ClN3O. The van der Waals surface area contributed by atoms with Crippen LogP contribution in [0.1, 0.15) is 34.6 Å². The van der Waals surface area contributed by atoms with E-state index in [1.54, 1.807) is 0 Å². The van der Waals surface area contributed by atoms with Crippen LogP contribution in [-0.4, -0.2) is 27.1 Å². The average molecular weight is 380 g/mol. The molecule has 0 fully saturated rings. The fourth-order valence-electron chi connectivity index (χ4n) is 3.80. The molecule has 0 radical (unpaired) electrons. The number of aromatic nitrogens is 2. The monoisotopic (exact) mass is 379 g/mol. The maximum Gasteiger partial charge on any atom is 0.223 e. The maximum absolute atomic E-state index is 12.9. The summed E-state index contributed by atoms with van der Waals surface area (Å²) in [5.74, 6) is 0.345. The van der Waals surface area contributed by atoms with Crippen LogP contribution < -0.4 is 0 Å². The molecule has 2 heterocycles. The molecule has 1 aliphatic rings. The number of hydrogen-bond acceptors (Lipinski definition) is 2. The zero-order valence-corrected chi connectivity index (χ0v) is 16.1. The molecule has 0 saturated heterocycles. The number of rotatable bonds is 4. The second-order valence-corrected chi connectivity index (χ2v) is 7.54. The van der Waals surface area contributed by atoms with E-state index < -0.39 is 0 Å². The van der Waals surface area contributed by atoms with E-state index in [1.165, 1.54) is 11.1 Å². The Bertz CT molecular complexity index is 965. The molecule has 1 atom stereocenters. The average Bonchev–Trinajstić information content (AvgIpc) is 3.11. The lowest BCUT2D eigenvalue weighted by atomic mass is 9.86. The minimum absolute atomic E-state index is 0.166. The van der Waals surface area contributed by atoms with Gasteiger partial charge >= 0.3 is 0 Å². The van der Waals surface area contributed by atoms with E-state index in [2.05, 4.69) is 23.3 Å². The zero-order chi connectivity index (χ0) is 18.8. The minimum atomic E-state index is 0.166. The van der Waals surface area contributed by atoms with Crippen LogP contribution in [0.25, 0.3) is 0 Å². The van der Waals surface area contributed by atoms with Crippen molar-refractivity contribution in [3.63, 3.8) is 0 Å². The Morgan fingerprint density at radius 2 is 2.07 bits per heavy atom. The fourth-order valence-corrected chi connectivity index (χ4v) is 4.02. The summed E-state index contributed by atoms with van der Waals surface area (Å²) in [6, 6.07) is 16.1. The Morgan fingerprint density at radius 3 is 2.85 bits per heavy atom. The highest BCUT2D eigenvalue weighted by molar-refractivity contribution is 6.30. The molecule has 0 saturated carbocycles. The van der Waals surface area contributed by atoms with Gasteiger partial charge in [-0.2, -0.15) is 5.10 Å². The Balaban J connectivity index is 1.52. The number of aryl methyl sites for hydroxylation is 2. The van der Waals surface area contributed by atoms with Gasteiger partial charge in [0.1, 0.15) is 0 Å². The Hall–Kier alpha value is -2.59. The van der Waals surface area contributed by atoms with Gasteiger partial charge in [-0.15, -0.1) is 0 Å². The molecule has 0 aliphatic carbocycles. The maximum atomic E-state index is 12.9. The van der Waals surface area contributed by atoms with Gasteiger partial charge in [-0.25, -0.2) is 0 Å². The van der Waals surface area contributed by atoms with Crippen LogP contribution in [0, 0.1) is 0 Å². The molecule has 0 N–H and O–H groups in total. The second-order valence-electron chi connectivity index (χ2n) is 7.10. The molecule has 1 unspecified atom stereocenters. The van der Waals surface area contributed by atoms with Crippen LogP contribution in [0.4, 0.5) is 0 Å². The number of amides is 1. The predicted molar refractivity (Wildman–Crippen MR) is 107 cm³/mol. The first-order valence-corrected chi connectivity index (χ1v) is 9.56. The first-order chi connectivity index (χ1) is 13.1. The molecule has 2 aromatic carbocycles. The van der Waals surface area contributed by atoms with Crippen molar-refractivity contribution in [2.45, 2.75) is 25.3 Å². The molecule has 3 aromatic rings. The highest BCUT2D eigenvalue weighted by atomic mass is 35.5. The molecule has 1 aromatic heterocycles. The first-order valence-electron chi connectivity index (χ1n) is 9.19. The van der Waals surface area contributed by atoms with Gasteiger partial charge in [-0.05, 0) is 40.8 Å². The van der Waals surface area contributed by atoms with Crippen molar-refractivity contribution in [1.82, 2.24) is 14.7 Å². The fraction of sp³-hybridized carbons (Fsp3) is 0.273. The van der Waals surface area contributed by atoms with E-state index in [1.807, 2.05) is 59.4 Å². The Morgan fingerprint density at radius 1 is 1.22 bits per heavy atom. The normalized spacial score (nSPS) is 16.2. The lowest BCUT2D eigenvalue weighted by molar-refractivity contribution is -0.132. The third-order valence-electron chi connectivity index (χ3n) is 5.19. The number of halogens is 1. The van der Waals surface area contributed by atoms with Crippen LogP contribution in [-0.2, 0) is 24.8 Å². The van der Waals surface area contributed by atoms with E-state index in [9.17, 15) is 4.79 Å². The van der Waals surface area contributed by atoms with E-state index in [0.717, 1.165) is 11.1 Å². The third kappa shape index (κ3) is 3.91. The molecule has 27 heavy (non-hydrogen) atoms. The van der Waals surface area contributed by atoms with Crippen LogP contribution in [0.3, 0.4) is 0 Å². The minimum Gasteiger partial charge on any atom is -0.337 e. The first kappa shape index (κ1) is 17.8. The van der Waals surface area contributed by atoms with E-state index in [0.29, 0.717) is 31.0 Å². The molecular weight excluding hydrogens is 358 g/mol. The number of carbonyl (C=O) groups is 1. The Kier molecular flexibility index (Phi) is 4.99. The standard InChI is InChI=1S/C22H22ClN3O/c1-25-13-18(12-24-25)21-15-26(14-17-6-2-3-8-20(17)21)22(27)10-9-16-5-4-7-19(23)11-16/h2-8,11-13,21H,9-10,14-15H2,1H3. The van der Waals surface area contributed by atoms with Gasteiger partial charge in [-0.1, -0.05) is 48.0 Å². The lowest BCUT2D eigenvalue weighted by Crippen LogP contribution is -2.38. The number of fused-ring (bicyclic) bond motifs is 1. The lowest BCUT2D eigenvalue weighted by Gasteiger charge is -2.34. The summed E-state index contributed by atoms with van der Waals surface area (Å²) < 4.78 is 1.82. The number of benzene rings is 2. The highest BCUT2D eigenvalue weighted by Crippen LogP contribution is 2.33. The van der Waals surface area contributed by atoms with Crippen molar-refractivity contribution < 1.29 is 4.79 Å². The molecule has 0 spiro atoms. The van der Waals surface area contributed by atoms with Crippen LogP contribution >= 0.6 is 11.6 Å². The van der Waals surface area contributed by atoms with Crippen molar-refractivity contribution in [3.8, 4) is 0 Å². The molecule has 138 valence electrons. The smallest absolute Gasteiger partial charge is 0.223 e. The summed E-state index contributed by atoms with van der Waals surface area (Å²) in [5, 5.41) is 5.03. The van der Waals surface area contributed by atoms with Gasteiger partial charge < -0.3 is 4.90 Å². The van der Waals surface area contributed by atoms with Gasteiger partial charge in [0, 0.05) is 43.7 Å². The largest absolute Gasteiger partial charge is 0.337 e. The second kappa shape index (κ2) is 7.57. The molecule has 1 aliphatic heterocycles. The van der Waals surface area contributed by atoms with Crippen molar-refractivity contribution in [1.29, 1.82) is 0 Å². The van der Waals surface area contributed by atoms with Crippen molar-refractivity contribution >= 4 is 17.5 Å². The van der Waals surface area contributed by atoms with Gasteiger partial charge in [-0.3, -0.25) is 9.48 Å². The number of nitrogens with zero attached hydrogens (tertiary/aromatic N) is 3. The Labute approximate surface area is 164 Å². The summed E-state index contributed by atoms with van der Waals surface area (Å²) in [7, 11) is 1.92. The van der Waals surface area contributed by atoms with E-state index >= 15 is 0 Å². The third-order valence-corrected chi connectivity index (χ3v) is 5.43. The summed E-state index contributed by atoms with van der Waals surface area (Å²) in [6.07, 6.45) is 5.14. The molecule has 0 bridgehead atoms. The van der Waals surface area contributed by atoms with Gasteiger partial charge in [0.25, 0.3) is 0 Å². The van der Waals surface area contributed by atoms with E-state index in [4.69, 9.17) is 11.6 Å². The molecule has 5 heteroatoms. The van der Waals surface area contributed by atoms with Gasteiger partial charge in [0.2, 0.25) is 5.91 Å². The van der Waals surface area contributed by atoms with Crippen molar-refractivity contribution in [3.05, 3.63) is 88.2 Å². The van der Waals surface area contributed by atoms with Gasteiger partial charge in [0.05, 0.1) is 6.20 Å². The van der Waals surface area contributed by atoms with Crippen LogP contribution in [0.15, 0.2) is 60.9 Å². The predicted octanol–water partition coefficient (Wildman–Crippen LogP) is 4.18. The summed E-state index contributed by atoms with van der Waals surface area (Å²) in [6.45, 7) is 1.36. The van der Waals surface area contributed by atoms with Gasteiger partial charge in [0.15, 0.2) is 0 Å². The summed E-state index contributed by atoms with van der Waals surface area (Å²) in [4.78, 5) is 14.9. The SMILES string of the molecule is Cn1cc(C2CN(C(=O)CCc3cccc(Cl)c3)Cc3ccccc32)cn1. The summed E-state index contributed by atoms with van der Waals surface area (Å²) >= 11 is 6.05. The molecule has 4 rings (SSSR count). The highest BCUT2D eigenvalue weighted by Gasteiger charge is 2.29. The summed E-state index contributed by atoms with van der Waals surface area (Å²) in [5.41, 5.74) is 4.76. The van der Waals surface area contributed by atoms with Crippen LogP contribution in [0.5, 0.6) is 0 Å². The van der Waals surface area contributed by atoms with Crippen LogP contribution in [0.2, 0.25) is 5.02 Å². The molecule has 4 nitrogen and oxygen atoms in total. The quantitative estimate of drug-likeness (QED) is 0.682. The molecule has 1 amide bonds. The van der Waals surface area contributed by atoms with Crippen molar-refractivity contribution in [2.75, 3.05) is 6.54 Å².